The summed E-state index contributed by atoms with van der Waals surface area (Å²) >= 11 is 0. The summed E-state index contributed by atoms with van der Waals surface area (Å²) < 4.78 is 0. The standard InChI is InChI=1S/C11H13NO/c1-8-3-4-11(9(2)6-12)10(5-8)7-13/h3-5,9,13H,7H2,1-2H3. The normalized spacial score (nSPS) is 12.2. The molecule has 2 heteroatoms. The van der Waals surface area contributed by atoms with Gasteiger partial charge in [0.1, 0.15) is 0 Å². The Hall–Kier alpha value is -1.33. The van der Waals surface area contributed by atoms with Crippen LogP contribution in [0.15, 0.2) is 18.2 Å². The molecule has 0 saturated heterocycles. The van der Waals surface area contributed by atoms with Crippen LogP contribution in [0.25, 0.3) is 0 Å². The van der Waals surface area contributed by atoms with Gasteiger partial charge in [-0.05, 0) is 25.0 Å². The van der Waals surface area contributed by atoms with Gasteiger partial charge in [-0.15, -0.1) is 0 Å². The average molecular weight is 175 g/mol. The van der Waals surface area contributed by atoms with Gasteiger partial charge in [-0.2, -0.15) is 5.26 Å². The molecule has 2 nitrogen and oxygen atoms in total. The fourth-order valence-corrected chi connectivity index (χ4v) is 1.36. The second-order valence-corrected chi connectivity index (χ2v) is 3.21. The molecule has 1 N–H and O–H groups in total. The Labute approximate surface area is 78.4 Å². The van der Waals surface area contributed by atoms with Crippen LogP contribution in [0.5, 0.6) is 0 Å². The predicted molar refractivity (Wildman–Crippen MR) is 51.1 cm³/mol. The van der Waals surface area contributed by atoms with Crippen molar-refractivity contribution in [2.45, 2.75) is 26.4 Å². The number of aliphatic hydroxyl groups excluding tert-OH is 1. The zero-order valence-electron chi connectivity index (χ0n) is 7.91. The second-order valence-electron chi connectivity index (χ2n) is 3.21. The summed E-state index contributed by atoms with van der Waals surface area (Å²) in [6, 6.07) is 7.96. The van der Waals surface area contributed by atoms with Gasteiger partial charge in [0.25, 0.3) is 0 Å². The zero-order valence-corrected chi connectivity index (χ0v) is 7.91. The van der Waals surface area contributed by atoms with Crippen LogP contribution in [0.4, 0.5) is 0 Å². The minimum atomic E-state index is -0.150. The average Bonchev–Trinajstić information content (AvgIpc) is 2.16. The number of nitriles is 1. The SMILES string of the molecule is Cc1ccc(C(C)C#N)c(CO)c1. The highest BCUT2D eigenvalue weighted by Gasteiger charge is 2.08. The van der Waals surface area contributed by atoms with E-state index in [9.17, 15) is 0 Å². The monoisotopic (exact) mass is 175 g/mol. The largest absolute Gasteiger partial charge is 0.392 e. The molecule has 0 heterocycles. The van der Waals surface area contributed by atoms with Crippen LogP contribution in [0.2, 0.25) is 0 Å². The molecule has 0 radical (unpaired) electrons. The molecule has 1 atom stereocenters. The van der Waals surface area contributed by atoms with Crippen molar-refractivity contribution in [1.82, 2.24) is 0 Å². The smallest absolute Gasteiger partial charge is 0.0701 e. The van der Waals surface area contributed by atoms with Crippen molar-refractivity contribution >= 4 is 0 Å². The summed E-state index contributed by atoms with van der Waals surface area (Å²) in [5.41, 5.74) is 2.89. The van der Waals surface area contributed by atoms with Crippen molar-refractivity contribution in [3.63, 3.8) is 0 Å². The predicted octanol–water partition coefficient (Wildman–Crippen LogP) is 2.11. The summed E-state index contributed by atoms with van der Waals surface area (Å²) in [6.07, 6.45) is 0. The molecule has 0 aromatic heterocycles. The number of hydrogen-bond donors (Lipinski definition) is 1. The van der Waals surface area contributed by atoms with Crippen LogP contribution >= 0.6 is 0 Å². The van der Waals surface area contributed by atoms with Gasteiger partial charge >= 0.3 is 0 Å². The molecular formula is C11H13NO. The number of rotatable bonds is 2. The third-order valence-electron chi connectivity index (χ3n) is 2.13. The summed E-state index contributed by atoms with van der Waals surface area (Å²) in [6.45, 7) is 3.81. The van der Waals surface area contributed by atoms with Crippen LogP contribution in [-0.4, -0.2) is 5.11 Å². The van der Waals surface area contributed by atoms with Gasteiger partial charge in [-0.1, -0.05) is 23.8 Å². The van der Waals surface area contributed by atoms with Crippen molar-refractivity contribution in [2.75, 3.05) is 0 Å². The highest BCUT2D eigenvalue weighted by Crippen LogP contribution is 2.20. The molecule has 68 valence electrons. The van der Waals surface area contributed by atoms with E-state index in [4.69, 9.17) is 10.4 Å². The van der Waals surface area contributed by atoms with E-state index in [-0.39, 0.29) is 12.5 Å². The minimum Gasteiger partial charge on any atom is -0.392 e. The van der Waals surface area contributed by atoms with Gasteiger partial charge in [0.05, 0.1) is 18.6 Å². The first-order chi connectivity index (χ1) is 6.19. The van der Waals surface area contributed by atoms with E-state index in [0.29, 0.717) is 0 Å². The lowest BCUT2D eigenvalue weighted by atomic mass is 9.96. The lowest BCUT2D eigenvalue weighted by Gasteiger charge is -2.09. The maximum Gasteiger partial charge on any atom is 0.0701 e. The third-order valence-corrected chi connectivity index (χ3v) is 2.13. The lowest BCUT2D eigenvalue weighted by Crippen LogP contribution is -1.97. The molecule has 0 amide bonds. The van der Waals surface area contributed by atoms with Crippen LogP contribution < -0.4 is 0 Å². The van der Waals surface area contributed by atoms with Crippen LogP contribution in [0, 0.1) is 18.3 Å². The molecule has 0 fully saturated rings. The first-order valence-electron chi connectivity index (χ1n) is 4.29. The Balaban J connectivity index is 3.15. The van der Waals surface area contributed by atoms with E-state index in [1.807, 2.05) is 32.0 Å². The molecule has 0 aliphatic rings. The Kier molecular flexibility index (Phi) is 3.05. The van der Waals surface area contributed by atoms with E-state index < -0.39 is 0 Å². The topological polar surface area (TPSA) is 44.0 Å². The molecule has 0 bridgehead atoms. The van der Waals surface area contributed by atoms with E-state index in [2.05, 4.69) is 6.07 Å². The molecular weight excluding hydrogens is 162 g/mol. The van der Waals surface area contributed by atoms with Crippen molar-refractivity contribution in [3.8, 4) is 6.07 Å². The molecule has 1 unspecified atom stereocenters. The van der Waals surface area contributed by atoms with Gasteiger partial charge in [-0.25, -0.2) is 0 Å². The lowest BCUT2D eigenvalue weighted by molar-refractivity contribution is 0.280. The zero-order chi connectivity index (χ0) is 9.84. The van der Waals surface area contributed by atoms with Gasteiger partial charge in [-0.3, -0.25) is 0 Å². The summed E-state index contributed by atoms with van der Waals surface area (Å²) in [5, 5.41) is 17.8. The molecule has 1 rings (SSSR count). The highest BCUT2D eigenvalue weighted by molar-refractivity contribution is 5.35. The van der Waals surface area contributed by atoms with Crippen LogP contribution in [0.3, 0.4) is 0 Å². The maximum absolute atomic E-state index is 9.08. The number of hydrogen-bond acceptors (Lipinski definition) is 2. The maximum atomic E-state index is 9.08. The fraction of sp³-hybridized carbons (Fsp3) is 0.364. The van der Waals surface area contributed by atoms with E-state index in [1.165, 1.54) is 0 Å². The summed E-state index contributed by atoms with van der Waals surface area (Å²) in [7, 11) is 0. The van der Waals surface area contributed by atoms with E-state index in [1.54, 1.807) is 0 Å². The van der Waals surface area contributed by atoms with Crippen molar-refractivity contribution in [3.05, 3.63) is 34.9 Å². The summed E-state index contributed by atoms with van der Waals surface area (Å²) in [5.74, 6) is -0.150. The molecule has 0 aliphatic carbocycles. The molecule has 1 aromatic carbocycles. The Morgan fingerprint density at radius 2 is 2.23 bits per heavy atom. The van der Waals surface area contributed by atoms with Gasteiger partial charge in [0.15, 0.2) is 0 Å². The number of aryl methyl sites for hydroxylation is 1. The van der Waals surface area contributed by atoms with Gasteiger partial charge < -0.3 is 5.11 Å². The van der Waals surface area contributed by atoms with Crippen molar-refractivity contribution < 1.29 is 5.11 Å². The van der Waals surface area contributed by atoms with Crippen LogP contribution in [0.1, 0.15) is 29.5 Å². The highest BCUT2D eigenvalue weighted by atomic mass is 16.3. The molecule has 0 saturated carbocycles. The second kappa shape index (κ2) is 4.06. The van der Waals surface area contributed by atoms with Crippen molar-refractivity contribution in [1.29, 1.82) is 5.26 Å². The van der Waals surface area contributed by atoms with Crippen molar-refractivity contribution in [2.24, 2.45) is 0 Å². The minimum absolute atomic E-state index is 0.00301. The Morgan fingerprint density at radius 3 is 2.77 bits per heavy atom. The molecule has 0 aliphatic heterocycles. The van der Waals surface area contributed by atoms with Gasteiger partial charge in [0, 0.05) is 0 Å². The molecule has 1 aromatic rings. The van der Waals surface area contributed by atoms with Gasteiger partial charge in [0.2, 0.25) is 0 Å². The first kappa shape index (κ1) is 9.76. The van der Waals surface area contributed by atoms with Crippen LogP contribution in [-0.2, 0) is 6.61 Å². The van der Waals surface area contributed by atoms with E-state index >= 15 is 0 Å². The molecule has 13 heavy (non-hydrogen) atoms. The number of nitrogens with zero attached hydrogens (tertiary/aromatic N) is 1. The quantitative estimate of drug-likeness (QED) is 0.748. The summed E-state index contributed by atoms with van der Waals surface area (Å²) in [4.78, 5) is 0. The third kappa shape index (κ3) is 2.07. The first-order valence-corrected chi connectivity index (χ1v) is 4.29. The molecule has 0 spiro atoms. The Morgan fingerprint density at radius 1 is 1.54 bits per heavy atom. The Bertz CT molecular complexity index is 338. The fourth-order valence-electron chi connectivity index (χ4n) is 1.36. The van der Waals surface area contributed by atoms with E-state index in [0.717, 1.165) is 16.7 Å². The number of benzene rings is 1. The number of aliphatic hydroxyl groups is 1.